The van der Waals surface area contributed by atoms with Crippen LogP contribution in [0.1, 0.15) is 12.8 Å². The molecular formula is C10H8ClN3O6. The van der Waals surface area contributed by atoms with Crippen molar-refractivity contribution >= 4 is 34.9 Å². The number of carbonyl (C=O) groups excluding carboxylic acids is 1. The number of carboxylic acids is 1. The van der Waals surface area contributed by atoms with Crippen LogP contribution in [0.25, 0.3) is 0 Å². The number of nitrogens with zero attached hydrogens (tertiary/aromatic N) is 3. The van der Waals surface area contributed by atoms with Crippen LogP contribution in [0.4, 0.5) is 11.4 Å². The molecule has 9 nitrogen and oxygen atoms in total. The van der Waals surface area contributed by atoms with Crippen LogP contribution >= 0.6 is 11.6 Å². The SMILES string of the molecule is O=C(O)CCC(=O)N=Nc1cc([N+](=O)[O-])cc(Cl)c1O. The fraction of sp³-hybridized carbons (Fsp3) is 0.200. The Labute approximate surface area is 116 Å². The van der Waals surface area contributed by atoms with E-state index in [0.29, 0.717) is 0 Å². The molecule has 0 atom stereocenters. The van der Waals surface area contributed by atoms with Gasteiger partial charge in [-0.25, -0.2) is 0 Å². The van der Waals surface area contributed by atoms with Gasteiger partial charge < -0.3 is 10.2 Å². The average Bonchev–Trinajstić information content (AvgIpc) is 2.37. The topological polar surface area (TPSA) is 142 Å². The summed E-state index contributed by atoms with van der Waals surface area (Å²) in [6.07, 6.45) is -0.790. The van der Waals surface area contributed by atoms with Crippen LogP contribution in [0.2, 0.25) is 5.02 Å². The van der Waals surface area contributed by atoms with Crippen molar-refractivity contribution in [3.63, 3.8) is 0 Å². The third-order valence-electron chi connectivity index (χ3n) is 2.06. The smallest absolute Gasteiger partial charge is 0.303 e. The largest absolute Gasteiger partial charge is 0.504 e. The van der Waals surface area contributed by atoms with Crippen LogP contribution in [-0.4, -0.2) is 27.0 Å². The standard InChI is InChI=1S/C10H8ClN3O6/c11-6-3-5(14(19)20)4-7(10(6)18)12-13-8(15)1-2-9(16)17/h3-4,18H,1-2H2,(H,16,17). The summed E-state index contributed by atoms with van der Waals surface area (Å²) >= 11 is 5.56. The molecule has 0 aliphatic heterocycles. The number of hydrogen-bond donors (Lipinski definition) is 2. The van der Waals surface area contributed by atoms with Crippen molar-refractivity contribution in [3.8, 4) is 5.75 Å². The number of halogens is 1. The number of phenolic OH excluding ortho intramolecular Hbond substituents is 1. The molecule has 0 saturated heterocycles. The van der Waals surface area contributed by atoms with E-state index in [9.17, 15) is 24.8 Å². The molecule has 10 heteroatoms. The number of azo groups is 1. The number of hydrogen-bond acceptors (Lipinski definition) is 6. The zero-order valence-electron chi connectivity index (χ0n) is 9.82. The molecule has 0 spiro atoms. The van der Waals surface area contributed by atoms with Gasteiger partial charge in [-0.3, -0.25) is 19.7 Å². The first-order chi connectivity index (χ1) is 9.31. The summed E-state index contributed by atoms with van der Waals surface area (Å²) in [5, 5.41) is 34.7. The molecule has 106 valence electrons. The van der Waals surface area contributed by atoms with Crippen molar-refractivity contribution in [2.45, 2.75) is 12.8 Å². The summed E-state index contributed by atoms with van der Waals surface area (Å²) in [5.74, 6) is -2.57. The molecule has 0 saturated carbocycles. The second-order valence-electron chi connectivity index (χ2n) is 3.54. The summed E-state index contributed by atoms with van der Waals surface area (Å²) in [6, 6.07) is 1.80. The highest BCUT2D eigenvalue weighted by Gasteiger charge is 2.15. The van der Waals surface area contributed by atoms with E-state index < -0.39 is 34.7 Å². The minimum Gasteiger partial charge on any atom is -0.504 e. The third kappa shape index (κ3) is 4.28. The normalized spacial score (nSPS) is 10.7. The van der Waals surface area contributed by atoms with E-state index in [1.807, 2.05) is 0 Å². The zero-order chi connectivity index (χ0) is 15.3. The number of amides is 1. The van der Waals surface area contributed by atoms with Crippen LogP contribution in [0.5, 0.6) is 5.75 Å². The first kappa shape index (κ1) is 15.5. The Morgan fingerprint density at radius 2 is 2.00 bits per heavy atom. The van der Waals surface area contributed by atoms with E-state index in [2.05, 4.69) is 10.2 Å². The quantitative estimate of drug-likeness (QED) is 0.485. The maximum Gasteiger partial charge on any atom is 0.303 e. The molecule has 0 unspecified atom stereocenters. The van der Waals surface area contributed by atoms with Crippen LogP contribution in [0.15, 0.2) is 22.4 Å². The Morgan fingerprint density at radius 3 is 2.55 bits per heavy atom. The highest BCUT2D eigenvalue weighted by molar-refractivity contribution is 6.32. The molecule has 0 heterocycles. The monoisotopic (exact) mass is 301 g/mol. The fourth-order valence-electron chi connectivity index (χ4n) is 1.13. The van der Waals surface area contributed by atoms with Gasteiger partial charge in [-0.1, -0.05) is 11.6 Å². The Hall–Kier alpha value is -2.55. The van der Waals surface area contributed by atoms with E-state index in [1.54, 1.807) is 0 Å². The molecule has 0 aromatic heterocycles. The molecule has 0 radical (unpaired) electrons. The lowest BCUT2D eigenvalue weighted by molar-refractivity contribution is -0.384. The van der Waals surface area contributed by atoms with Gasteiger partial charge in [-0.05, 0) is 0 Å². The Kier molecular flexibility index (Phi) is 5.09. The summed E-state index contributed by atoms with van der Waals surface area (Å²) in [4.78, 5) is 31.2. The molecule has 1 aromatic carbocycles. The van der Waals surface area contributed by atoms with Crippen molar-refractivity contribution < 1.29 is 24.7 Å². The molecule has 2 N–H and O–H groups in total. The summed E-state index contributed by atoms with van der Waals surface area (Å²) in [6.45, 7) is 0. The van der Waals surface area contributed by atoms with Gasteiger partial charge in [0.1, 0.15) is 5.69 Å². The van der Waals surface area contributed by atoms with Crippen molar-refractivity contribution in [1.29, 1.82) is 0 Å². The van der Waals surface area contributed by atoms with Crippen molar-refractivity contribution in [1.82, 2.24) is 0 Å². The number of aromatic hydroxyl groups is 1. The van der Waals surface area contributed by atoms with E-state index in [0.717, 1.165) is 12.1 Å². The number of aliphatic carboxylic acids is 1. The Morgan fingerprint density at radius 1 is 1.35 bits per heavy atom. The Bertz CT molecular complexity index is 601. The van der Waals surface area contributed by atoms with Crippen molar-refractivity contribution in [2.24, 2.45) is 10.2 Å². The van der Waals surface area contributed by atoms with Gasteiger partial charge in [0, 0.05) is 18.6 Å². The summed E-state index contributed by atoms with van der Waals surface area (Å²) in [5.41, 5.74) is -0.785. The number of carboxylic acid groups (broad SMARTS) is 1. The number of nitro benzene ring substituents is 1. The Balaban J connectivity index is 2.94. The minimum absolute atomic E-state index is 0.314. The van der Waals surface area contributed by atoms with Gasteiger partial charge in [0.25, 0.3) is 11.6 Å². The van der Waals surface area contributed by atoms with Gasteiger partial charge >= 0.3 is 5.97 Å². The number of rotatable bonds is 5. The maximum absolute atomic E-state index is 11.2. The first-order valence-corrected chi connectivity index (χ1v) is 5.52. The predicted molar refractivity (Wildman–Crippen MR) is 66.2 cm³/mol. The van der Waals surface area contributed by atoms with Gasteiger partial charge in [0.2, 0.25) is 0 Å². The molecule has 0 aliphatic carbocycles. The zero-order valence-corrected chi connectivity index (χ0v) is 10.6. The molecule has 20 heavy (non-hydrogen) atoms. The van der Waals surface area contributed by atoms with Gasteiger partial charge in [0.15, 0.2) is 5.75 Å². The van der Waals surface area contributed by atoms with Crippen LogP contribution in [0, 0.1) is 10.1 Å². The second kappa shape index (κ2) is 6.57. The molecule has 1 amide bonds. The molecule has 1 aromatic rings. The van der Waals surface area contributed by atoms with Crippen LogP contribution in [0.3, 0.4) is 0 Å². The highest BCUT2D eigenvalue weighted by Crippen LogP contribution is 2.38. The van der Waals surface area contributed by atoms with Crippen LogP contribution < -0.4 is 0 Å². The number of nitro groups is 1. The predicted octanol–water partition coefficient (Wildman–Crippen LogP) is 2.43. The van der Waals surface area contributed by atoms with Gasteiger partial charge in [-0.2, -0.15) is 0 Å². The molecule has 0 fully saturated rings. The molecule has 0 aliphatic rings. The number of non-ortho nitro benzene ring substituents is 1. The molecule has 0 bridgehead atoms. The number of phenols is 1. The highest BCUT2D eigenvalue weighted by atomic mass is 35.5. The second-order valence-corrected chi connectivity index (χ2v) is 3.95. The maximum atomic E-state index is 11.2. The van der Waals surface area contributed by atoms with Gasteiger partial charge in [0.05, 0.1) is 16.4 Å². The van der Waals surface area contributed by atoms with E-state index >= 15 is 0 Å². The number of carbonyl (C=O) groups is 2. The van der Waals surface area contributed by atoms with Crippen molar-refractivity contribution in [2.75, 3.05) is 0 Å². The minimum atomic E-state index is -1.17. The molecule has 1 rings (SSSR count). The van der Waals surface area contributed by atoms with Crippen molar-refractivity contribution in [3.05, 3.63) is 27.3 Å². The van der Waals surface area contributed by atoms with Crippen LogP contribution in [-0.2, 0) is 9.59 Å². The summed E-state index contributed by atoms with van der Waals surface area (Å²) in [7, 11) is 0. The van der Waals surface area contributed by atoms with E-state index in [4.69, 9.17) is 16.7 Å². The first-order valence-electron chi connectivity index (χ1n) is 5.14. The average molecular weight is 302 g/mol. The lowest BCUT2D eigenvalue weighted by atomic mass is 10.2. The number of benzene rings is 1. The lowest BCUT2D eigenvalue weighted by Crippen LogP contribution is -1.99. The van der Waals surface area contributed by atoms with E-state index in [-0.39, 0.29) is 17.1 Å². The van der Waals surface area contributed by atoms with E-state index in [1.165, 1.54) is 0 Å². The lowest BCUT2D eigenvalue weighted by Gasteiger charge is -2.00. The van der Waals surface area contributed by atoms with Gasteiger partial charge in [-0.15, -0.1) is 10.2 Å². The third-order valence-corrected chi connectivity index (χ3v) is 2.35. The summed E-state index contributed by atoms with van der Waals surface area (Å²) < 4.78 is 0. The fourth-order valence-corrected chi connectivity index (χ4v) is 1.33. The molecular weight excluding hydrogens is 294 g/mol.